The zero-order valence-corrected chi connectivity index (χ0v) is 18.6. The largest absolute Gasteiger partial charge is 0.497 e. The van der Waals surface area contributed by atoms with Gasteiger partial charge < -0.3 is 9.84 Å². The van der Waals surface area contributed by atoms with Crippen LogP contribution in [-0.2, 0) is 6.61 Å². The summed E-state index contributed by atoms with van der Waals surface area (Å²) in [6.07, 6.45) is 1.32. The number of aryl methyl sites for hydroxylation is 1. The van der Waals surface area contributed by atoms with E-state index in [-0.39, 0.29) is 17.8 Å². The second-order valence-corrected chi connectivity index (χ2v) is 7.79. The Balaban J connectivity index is 1.65. The summed E-state index contributed by atoms with van der Waals surface area (Å²) in [6.45, 7) is 1.61. The minimum Gasteiger partial charge on any atom is -0.497 e. The quantitative estimate of drug-likeness (QED) is 0.429. The number of hydrogen-bond donors (Lipinski definition) is 1. The molecule has 0 saturated heterocycles. The molecule has 34 heavy (non-hydrogen) atoms. The number of ether oxygens (including phenoxy) is 1. The molecule has 0 amide bonds. The third kappa shape index (κ3) is 3.54. The molecule has 2 aromatic heterocycles. The first-order valence-corrected chi connectivity index (χ1v) is 10.6. The molecular formula is C26H21FN4O3. The Morgan fingerprint density at radius 2 is 1.82 bits per heavy atom. The fraction of sp³-hybridized carbons (Fsp3) is 0.115. The second kappa shape index (κ2) is 8.57. The molecule has 0 aliphatic rings. The van der Waals surface area contributed by atoms with Crippen LogP contribution in [-0.4, -0.2) is 31.5 Å². The lowest BCUT2D eigenvalue weighted by atomic mass is 9.99. The van der Waals surface area contributed by atoms with Gasteiger partial charge in [-0.25, -0.2) is 14.1 Å². The summed E-state index contributed by atoms with van der Waals surface area (Å²) in [5.41, 5.74) is 3.60. The van der Waals surface area contributed by atoms with E-state index in [0.29, 0.717) is 33.8 Å². The van der Waals surface area contributed by atoms with E-state index in [1.807, 2.05) is 18.2 Å². The van der Waals surface area contributed by atoms with E-state index in [0.717, 1.165) is 5.56 Å². The van der Waals surface area contributed by atoms with Gasteiger partial charge in [-0.15, -0.1) is 0 Å². The number of aromatic nitrogens is 4. The van der Waals surface area contributed by atoms with Crippen molar-refractivity contribution in [2.45, 2.75) is 13.5 Å². The lowest BCUT2D eigenvalue weighted by molar-refractivity contribution is 0.282. The first kappa shape index (κ1) is 21.5. The number of benzene rings is 3. The maximum atomic E-state index is 15.3. The van der Waals surface area contributed by atoms with Gasteiger partial charge in [-0.05, 0) is 60.0 Å². The van der Waals surface area contributed by atoms with Crippen LogP contribution in [0.1, 0.15) is 11.3 Å². The van der Waals surface area contributed by atoms with Crippen molar-refractivity contribution in [2.75, 3.05) is 7.11 Å². The van der Waals surface area contributed by atoms with E-state index in [1.165, 1.54) is 27.7 Å². The van der Waals surface area contributed by atoms with E-state index in [1.54, 1.807) is 50.4 Å². The zero-order chi connectivity index (χ0) is 23.8. The highest BCUT2D eigenvalue weighted by Crippen LogP contribution is 2.27. The molecule has 0 saturated carbocycles. The van der Waals surface area contributed by atoms with Crippen molar-refractivity contribution in [1.82, 2.24) is 19.3 Å². The fourth-order valence-corrected chi connectivity index (χ4v) is 4.04. The first-order valence-electron chi connectivity index (χ1n) is 10.6. The summed E-state index contributed by atoms with van der Waals surface area (Å²) in [4.78, 5) is 17.9. The van der Waals surface area contributed by atoms with Gasteiger partial charge in [-0.2, -0.15) is 5.10 Å². The Morgan fingerprint density at radius 1 is 1.06 bits per heavy atom. The summed E-state index contributed by atoms with van der Waals surface area (Å²) >= 11 is 0. The fourth-order valence-electron chi connectivity index (χ4n) is 4.04. The van der Waals surface area contributed by atoms with Crippen LogP contribution < -0.4 is 10.3 Å². The number of aliphatic hydroxyl groups is 1. The van der Waals surface area contributed by atoms with Crippen molar-refractivity contribution in [3.63, 3.8) is 0 Å². The molecule has 0 bridgehead atoms. The van der Waals surface area contributed by atoms with Gasteiger partial charge in [0, 0.05) is 0 Å². The molecule has 5 rings (SSSR count). The molecule has 0 unspecified atom stereocenters. The lowest BCUT2D eigenvalue weighted by Gasteiger charge is -2.11. The SMILES string of the molecule is COc1ccc(-n2nc(C)c3ncn(-c4ccc(-c5ccccc5CO)cc4F)c(=O)c32)cc1. The molecule has 2 heterocycles. The lowest BCUT2D eigenvalue weighted by Crippen LogP contribution is -2.22. The predicted molar refractivity (Wildman–Crippen MR) is 127 cm³/mol. The van der Waals surface area contributed by atoms with Crippen LogP contribution in [0.4, 0.5) is 4.39 Å². The second-order valence-electron chi connectivity index (χ2n) is 7.79. The van der Waals surface area contributed by atoms with E-state index in [2.05, 4.69) is 10.1 Å². The molecule has 0 radical (unpaired) electrons. The molecule has 170 valence electrons. The van der Waals surface area contributed by atoms with Gasteiger partial charge in [0.05, 0.1) is 30.8 Å². The van der Waals surface area contributed by atoms with E-state index in [9.17, 15) is 9.90 Å². The normalized spacial score (nSPS) is 11.2. The molecule has 7 nitrogen and oxygen atoms in total. The topological polar surface area (TPSA) is 82.2 Å². The van der Waals surface area contributed by atoms with Crippen LogP contribution in [0.15, 0.2) is 77.9 Å². The Bertz CT molecular complexity index is 1570. The minimum atomic E-state index is -0.583. The van der Waals surface area contributed by atoms with Crippen molar-refractivity contribution in [2.24, 2.45) is 0 Å². The third-order valence-corrected chi connectivity index (χ3v) is 5.78. The predicted octanol–water partition coefficient (Wildman–Crippen LogP) is 4.19. The van der Waals surface area contributed by atoms with Crippen LogP contribution in [0.25, 0.3) is 33.5 Å². The van der Waals surface area contributed by atoms with Gasteiger partial charge in [0.2, 0.25) is 0 Å². The number of halogens is 1. The molecule has 8 heteroatoms. The zero-order valence-electron chi connectivity index (χ0n) is 18.6. The van der Waals surface area contributed by atoms with Crippen molar-refractivity contribution >= 4 is 11.0 Å². The molecule has 0 aliphatic carbocycles. The molecule has 3 aromatic carbocycles. The molecular weight excluding hydrogens is 435 g/mol. The van der Waals surface area contributed by atoms with Crippen molar-refractivity contribution in [1.29, 1.82) is 0 Å². The highest BCUT2D eigenvalue weighted by Gasteiger charge is 2.18. The maximum Gasteiger partial charge on any atom is 0.284 e. The molecule has 0 fully saturated rings. The molecule has 0 aliphatic heterocycles. The summed E-state index contributed by atoms with van der Waals surface area (Å²) in [7, 11) is 1.58. The van der Waals surface area contributed by atoms with Crippen LogP contribution in [0.2, 0.25) is 0 Å². The summed E-state index contributed by atoms with van der Waals surface area (Å²) < 4.78 is 23.2. The highest BCUT2D eigenvalue weighted by molar-refractivity contribution is 5.78. The van der Waals surface area contributed by atoms with E-state index in [4.69, 9.17) is 4.74 Å². The maximum absolute atomic E-state index is 15.3. The Morgan fingerprint density at radius 3 is 2.53 bits per heavy atom. The number of nitrogens with zero attached hydrogens (tertiary/aromatic N) is 4. The van der Waals surface area contributed by atoms with Crippen LogP contribution in [0.5, 0.6) is 5.75 Å². The minimum absolute atomic E-state index is 0.0739. The van der Waals surface area contributed by atoms with Crippen LogP contribution in [0, 0.1) is 12.7 Å². The van der Waals surface area contributed by atoms with Crippen molar-refractivity contribution < 1.29 is 14.2 Å². The van der Waals surface area contributed by atoms with Gasteiger partial charge in [-0.1, -0.05) is 30.3 Å². The van der Waals surface area contributed by atoms with E-state index < -0.39 is 11.4 Å². The molecule has 0 atom stereocenters. The Hall–Kier alpha value is -4.30. The monoisotopic (exact) mass is 456 g/mol. The van der Waals surface area contributed by atoms with E-state index >= 15 is 4.39 Å². The van der Waals surface area contributed by atoms with Gasteiger partial charge >= 0.3 is 0 Å². The number of fused-ring (bicyclic) bond motifs is 1. The Kier molecular flexibility index (Phi) is 5.43. The molecule has 1 N–H and O–H groups in total. The Labute approximate surface area is 194 Å². The third-order valence-electron chi connectivity index (χ3n) is 5.78. The highest BCUT2D eigenvalue weighted by atomic mass is 19.1. The smallest absolute Gasteiger partial charge is 0.284 e. The first-order chi connectivity index (χ1) is 16.5. The van der Waals surface area contributed by atoms with Gasteiger partial charge in [0.1, 0.15) is 23.4 Å². The number of methoxy groups -OCH3 is 1. The van der Waals surface area contributed by atoms with Crippen LogP contribution >= 0.6 is 0 Å². The van der Waals surface area contributed by atoms with Gasteiger partial charge in [0.15, 0.2) is 5.52 Å². The average Bonchev–Trinajstić information content (AvgIpc) is 3.21. The molecule has 0 spiro atoms. The summed E-state index contributed by atoms with van der Waals surface area (Å²) in [5, 5.41) is 14.1. The van der Waals surface area contributed by atoms with Crippen molar-refractivity contribution in [3.8, 4) is 28.3 Å². The summed E-state index contributed by atoms with van der Waals surface area (Å²) in [5.74, 6) is 0.0955. The average molecular weight is 456 g/mol. The molecule has 5 aromatic rings. The van der Waals surface area contributed by atoms with Crippen molar-refractivity contribution in [3.05, 3.63) is 100 Å². The summed E-state index contributed by atoms with van der Waals surface area (Å²) in [6, 6.07) is 19.0. The van der Waals surface area contributed by atoms with Gasteiger partial charge in [0.25, 0.3) is 5.56 Å². The van der Waals surface area contributed by atoms with Gasteiger partial charge in [-0.3, -0.25) is 9.36 Å². The number of hydrogen-bond acceptors (Lipinski definition) is 5. The number of rotatable bonds is 5. The standard InChI is InChI=1S/C26H21FN4O3/c1-16-24-25(31(29-16)19-8-10-20(34-2)11-9-19)26(33)30(15-28-24)23-12-7-17(13-22(23)27)21-6-4-3-5-18(21)14-32/h3-13,15,32H,14H2,1-2H3. The van der Waals surface area contributed by atoms with Crippen LogP contribution in [0.3, 0.4) is 0 Å². The number of aliphatic hydroxyl groups excluding tert-OH is 1.